The Kier molecular flexibility index (Phi) is 4.94. The van der Waals surface area contributed by atoms with Crippen LogP contribution in [0.2, 0.25) is 5.02 Å². The van der Waals surface area contributed by atoms with Crippen molar-refractivity contribution in [2.24, 2.45) is 5.41 Å². The lowest BCUT2D eigenvalue weighted by Crippen LogP contribution is -2.47. The van der Waals surface area contributed by atoms with Crippen molar-refractivity contribution in [1.29, 1.82) is 0 Å². The van der Waals surface area contributed by atoms with Gasteiger partial charge in [0.25, 0.3) is 0 Å². The van der Waals surface area contributed by atoms with Crippen molar-refractivity contribution in [3.63, 3.8) is 0 Å². The summed E-state index contributed by atoms with van der Waals surface area (Å²) in [6.45, 7) is 7.85. The number of hydrogen-bond acceptors (Lipinski definition) is 4. The molecule has 2 aromatic rings. The summed E-state index contributed by atoms with van der Waals surface area (Å²) in [4.78, 5) is 16.6. The van der Waals surface area contributed by atoms with Crippen molar-refractivity contribution >= 4 is 29.0 Å². The van der Waals surface area contributed by atoms with E-state index in [1.165, 1.54) is 18.2 Å². The Bertz CT molecular complexity index is 947. The Labute approximate surface area is 174 Å². The second-order valence-corrected chi connectivity index (χ2v) is 9.08. The second-order valence-electron chi connectivity index (χ2n) is 8.67. The molecule has 1 unspecified atom stereocenters. The molecule has 9 heteroatoms. The summed E-state index contributed by atoms with van der Waals surface area (Å²) in [7, 11) is 0. The normalized spacial score (nSPS) is 23.2. The summed E-state index contributed by atoms with van der Waals surface area (Å²) in [6.07, 6.45) is 1.89. The third-order valence-corrected chi connectivity index (χ3v) is 5.94. The first-order chi connectivity index (χ1) is 13.6. The van der Waals surface area contributed by atoms with Crippen LogP contribution in [0.15, 0.2) is 24.4 Å². The van der Waals surface area contributed by atoms with Crippen LogP contribution in [0.3, 0.4) is 0 Å². The number of fused-ring (bicyclic) bond motifs is 1. The van der Waals surface area contributed by atoms with Gasteiger partial charge in [-0.05, 0) is 37.0 Å². The summed E-state index contributed by atoms with van der Waals surface area (Å²) >= 11 is 5.81. The molecule has 0 saturated carbocycles. The molecular weight excluding hydrogens is 397 g/mol. The molecule has 2 aliphatic rings. The minimum absolute atomic E-state index is 0.00904. The molecule has 2 atom stereocenters. The quantitative estimate of drug-likeness (QED) is 0.776. The number of rotatable bonds is 2. The average Bonchev–Trinajstić information content (AvgIpc) is 3.15. The number of hydrogen-bond donors (Lipinski definition) is 2. The van der Waals surface area contributed by atoms with Gasteiger partial charge in [0.2, 0.25) is 0 Å². The first-order valence-electron chi connectivity index (χ1n) is 9.67. The van der Waals surface area contributed by atoms with E-state index in [9.17, 15) is 14.3 Å². The van der Waals surface area contributed by atoms with E-state index >= 15 is 0 Å². The van der Waals surface area contributed by atoms with Crippen LogP contribution in [-0.4, -0.2) is 44.6 Å². The Morgan fingerprint density at radius 1 is 1.41 bits per heavy atom. The van der Waals surface area contributed by atoms with Crippen LogP contribution >= 0.6 is 11.6 Å². The fraction of sp³-hybridized carbons (Fsp3) is 0.500. The van der Waals surface area contributed by atoms with Gasteiger partial charge in [-0.25, -0.2) is 9.18 Å². The highest BCUT2D eigenvalue weighted by Crippen LogP contribution is 2.38. The smallest absolute Gasteiger partial charge is 0.322 e. The second kappa shape index (κ2) is 7.18. The number of aliphatic hydroxyl groups excluding tert-OH is 1. The lowest BCUT2D eigenvalue weighted by atomic mass is 9.93. The Hall–Kier alpha value is -2.32. The molecule has 29 heavy (non-hydrogen) atoms. The van der Waals surface area contributed by atoms with Gasteiger partial charge in [-0.1, -0.05) is 25.4 Å². The molecule has 1 aromatic carbocycles. The monoisotopic (exact) mass is 421 g/mol. The lowest BCUT2D eigenvalue weighted by molar-refractivity contribution is 0.159. The standard InChI is InChI=1S/C20H25ClFN5O2/c1-12-9-27-17(16(8-23-27)26-11-20(2,3)7-18(26)28)10-25(12)19(29)24-13-4-5-15(22)14(21)6-13/h4-6,8,12,18,28H,7,9-11H2,1-3H3,(H,24,29)/t12-,18?/m0/s1. The van der Waals surface area contributed by atoms with E-state index in [2.05, 4.69) is 24.3 Å². The SMILES string of the molecule is C[C@H]1Cn2ncc(N3CC(C)(C)CC3O)c2CN1C(=O)Nc1ccc(F)c(Cl)c1. The molecule has 1 fully saturated rings. The number of nitrogens with one attached hydrogen (secondary N) is 1. The third kappa shape index (κ3) is 3.79. The Morgan fingerprint density at radius 2 is 2.17 bits per heavy atom. The highest BCUT2D eigenvalue weighted by molar-refractivity contribution is 6.31. The molecule has 3 heterocycles. The van der Waals surface area contributed by atoms with Crippen LogP contribution in [0.4, 0.5) is 20.6 Å². The molecule has 4 rings (SSSR count). The minimum atomic E-state index is -0.568. The van der Waals surface area contributed by atoms with Crippen LogP contribution < -0.4 is 10.2 Å². The first-order valence-corrected chi connectivity index (χ1v) is 10.0. The van der Waals surface area contributed by atoms with Crippen LogP contribution in [0, 0.1) is 11.2 Å². The zero-order valence-electron chi connectivity index (χ0n) is 16.7. The van der Waals surface area contributed by atoms with E-state index < -0.39 is 12.0 Å². The highest BCUT2D eigenvalue weighted by atomic mass is 35.5. The zero-order chi connectivity index (χ0) is 20.9. The maximum absolute atomic E-state index is 13.4. The van der Waals surface area contributed by atoms with Crippen molar-refractivity contribution in [1.82, 2.24) is 14.7 Å². The largest absolute Gasteiger partial charge is 0.374 e. The van der Waals surface area contributed by atoms with Crippen molar-refractivity contribution < 1.29 is 14.3 Å². The van der Waals surface area contributed by atoms with Crippen LogP contribution in [0.25, 0.3) is 0 Å². The van der Waals surface area contributed by atoms with Crippen LogP contribution in [0.5, 0.6) is 0 Å². The van der Waals surface area contributed by atoms with Gasteiger partial charge in [0.05, 0.1) is 41.7 Å². The van der Waals surface area contributed by atoms with Gasteiger partial charge in [0.1, 0.15) is 12.0 Å². The number of amides is 2. The van der Waals surface area contributed by atoms with Gasteiger partial charge in [-0.3, -0.25) is 4.68 Å². The van der Waals surface area contributed by atoms with Crippen molar-refractivity contribution in [2.45, 2.75) is 52.6 Å². The van der Waals surface area contributed by atoms with E-state index in [0.29, 0.717) is 25.2 Å². The number of anilines is 2. The van der Waals surface area contributed by atoms with Gasteiger partial charge in [-0.15, -0.1) is 0 Å². The fourth-order valence-corrected chi connectivity index (χ4v) is 4.33. The molecular formula is C20H25ClFN5O2. The zero-order valence-corrected chi connectivity index (χ0v) is 17.4. The molecule has 1 aromatic heterocycles. The molecule has 0 radical (unpaired) electrons. The van der Waals surface area contributed by atoms with Crippen LogP contribution in [0.1, 0.15) is 32.9 Å². The predicted molar refractivity (Wildman–Crippen MR) is 109 cm³/mol. The number of aliphatic hydroxyl groups is 1. The lowest BCUT2D eigenvalue weighted by Gasteiger charge is -2.35. The van der Waals surface area contributed by atoms with E-state index in [4.69, 9.17) is 11.6 Å². The first kappa shape index (κ1) is 20.0. The average molecular weight is 422 g/mol. The molecule has 1 saturated heterocycles. The number of aromatic nitrogens is 2. The molecule has 156 valence electrons. The minimum Gasteiger partial charge on any atom is -0.374 e. The topological polar surface area (TPSA) is 73.6 Å². The number of carbonyl (C=O) groups excluding carboxylic acids is 1. The summed E-state index contributed by atoms with van der Waals surface area (Å²) in [5.41, 5.74) is 2.20. The molecule has 7 nitrogen and oxygen atoms in total. The van der Waals surface area contributed by atoms with Gasteiger partial charge < -0.3 is 20.2 Å². The molecule has 0 bridgehead atoms. The molecule has 2 amide bonds. The van der Waals surface area contributed by atoms with E-state index in [1.54, 1.807) is 11.1 Å². The number of nitrogens with zero attached hydrogens (tertiary/aromatic N) is 4. The highest BCUT2D eigenvalue weighted by Gasteiger charge is 2.39. The molecule has 2 N–H and O–H groups in total. The molecule has 0 spiro atoms. The van der Waals surface area contributed by atoms with Crippen molar-refractivity contribution in [3.05, 3.63) is 40.9 Å². The summed E-state index contributed by atoms with van der Waals surface area (Å²) in [5, 5.41) is 17.7. The maximum Gasteiger partial charge on any atom is 0.322 e. The summed E-state index contributed by atoms with van der Waals surface area (Å²) in [6, 6.07) is 3.72. The Balaban J connectivity index is 1.55. The van der Waals surface area contributed by atoms with Gasteiger partial charge in [0, 0.05) is 12.2 Å². The number of benzene rings is 1. The number of halogens is 2. The number of carbonyl (C=O) groups is 1. The summed E-state index contributed by atoms with van der Waals surface area (Å²) in [5.74, 6) is -0.531. The van der Waals surface area contributed by atoms with E-state index in [-0.39, 0.29) is 22.5 Å². The van der Waals surface area contributed by atoms with E-state index in [1.807, 2.05) is 16.5 Å². The van der Waals surface area contributed by atoms with Gasteiger partial charge in [0.15, 0.2) is 0 Å². The van der Waals surface area contributed by atoms with Gasteiger partial charge in [-0.2, -0.15) is 5.10 Å². The summed E-state index contributed by atoms with van der Waals surface area (Å²) < 4.78 is 15.3. The predicted octanol–water partition coefficient (Wildman–Crippen LogP) is 3.67. The molecule has 0 aliphatic carbocycles. The maximum atomic E-state index is 13.4. The van der Waals surface area contributed by atoms with Crippen LogP contribution in [-0.2, 0) is 13.1 Å². The number of urea groups is 1. The van der Waals surface area contributed by atoms with E-state index in [0.717, 1.165) is 17.9 Å². The van der Waals surface area contributed by atoms with Crippen molar-refractivity contribution in [2.75, 3.05) is 16.8 Å². The van der Waals surface area contributed by atoms with Gasteiger partial charge >= 0.3 is 6.03 Å². The fourth-order valence-electron chi connectivity index (χ4n) is 4.15. The third-order valence-electron chi connectivity index (χ3n) is 5.65. The van der Waals surface area contributed by atoms with Crippen molar-refractivity contribution in [3.8, 4) is 0 Å². The molecule has 2 aliphatic heterocycles. The Morgan fingerprint density at radius 3 is 2.83 bits per heavy atom.